The fraction of sp³-hybridized carbons (Fsp3) is 0.400. The molecule has 2 aromatic rings. The summed E-state index contributed by atoms with van der Waals surface area (Å²) < 4.78 is 13.6. The van der Waals surface area contributed by atoms with Gasteiger partial charge in [0.1, 0.15) is 5.82 Å². The Labute approximate surface area is 147 Å². The predicted molar refractivity (Wildman–Crippen MR) is 96.6 cm³/mol. The van der Waals surface area contributed by atoms with Crippen molar-refractivity contribution in [3.05, 3.63) is 59.1 Å². The van der Waals surface area contributed by atoms with Gasteiger partial charge in [0.25, 0.3) is 0 Å². The molecule has 0 aliphatic heterocycles. The number of aromatic nitrogens is 2. The van der Waals surface area contributed by atoms with E-state index in [1.54, 1.807) is 6.07 Å². The molecule has 1 aromatic carbocycles. The van der Waals surface area contributed by atoms with Gasteiger partial charge in [-0.1, -0.05) is 30.7 Å². The molecule has 24 heavy (non-hydrogen) atoms. The Hall–Kier alpha value is -1.74. The molecule has 0 saturated heterocycles. The summed E-state index contributed by atoms with van der Waals surface area (Å²) in [6.07, 6.45) is 14.3. The average Bonchev–Trinajstić information content (AvgIpc) is 2.63. The largest absolute Gasteiger partial charge is 0.236 e. The maximum absolute atomic E-state index is 13.6. The maximum atomic E-state index is 13.6. The lowest BCUT2D eigenvalue weighted by Gasteiger charge is -2.26. The molecule has 1 saturated carbocycles. The van der Waals surface area contributed by atoms with Crippen molar-refractivity contribution < 1.29 is 4.39 Å². The van der Waals surface area contributed by atoms with Crippen LogP contribution in [-0.2, 0) is 0 Å². The third kappa shape index (κ3) is 4.02. The van der Waals surface area contributed by atoms with Gasteiger partial charge in [-0.15, -0.1) is 0 Å². The van der Waals surface area contributed by atoms with Crippen molar-refractivity contribution in [1.29, 1.82) is 0 Å². The van der Waals surface area contributed by atoms with Crippen LogP contribution in [0.1, 0.15) is 50.5 Å². The van der Waals surface area contributed by atoms with E-state index in [0.29, 0.717) is 17.3 Å². The van der Waals surface area contributed by atoms with Crippen molar-refractivity contribution in [2.24, 2.45) is 5.92 Å². The Balaban J connectivity index is 1.67. The van der Waals surface area contributed by atoms with Crippen molar-refractivity contribution in [3.8, 4) is 11.4 Å². The van der Waals surface area contributed by atoms with Crippen molar-refractivity contribution in [2.75, 3.05) is 0 Å². The van der Waals surface area contributed by atoms with Gasteiger partial charge in [0.2, 0.25) is 0 Å². The van der Waals surface area contributed by atoms with E-state index in [-0.39, 0.29) is 5.02 Å². The summed E-state index contributed by atoms with van der Waals surface area (Å²) in [5, 5.41) is 0.115. The molecule has 0 radical (unpaired) electrons. The third-order valence-electron chi connectivity index (χ3n) is 4.74. The van der Waals surface area contributed by atoms with Crippen LogP contribution in [-0.4, -0.2) is 9.97 Å². The molecule has 1 fully saturated rings. The van der Waals surface area contributed by atoms with Gasteiger partial charge in [0.05, 0.1) is 5.02 Å². The second-order valence-electron chi connectivity index (χ2n) is 6.42. The first-order chi connectivity index (χ1) is 11.7. The normalized spacial score (nSPS) is 21.3. The molecular formula is C20H22ClFN2. The van der Waals surface area contributed by atoms with E-state index in [9.17, 15) is 4.39 Å². The predicted octanol–water partition coefficient (Wildman–Crippen LogP) is 6.18. The van der Waals surface area contributed by atoms with Gasteiger partial charge in [-0.3, -0.25) is 0 Å². The molecule has 1 aromatic heterocycles. The minimum Gasteiger partial charge on any atom is -0.236 e. The van der Waals surface area contributed by atoms with E-state index in [2.05, 4.69) is 29.0 Å². The molecule has 0 bridgehead atoms. The monoisotopic (exact) mass is 344 g/mol. The maximum Gasteiger partial charge on any atom is 0.159 e. The van der Waals surface area contributed by atoms with Crippen LogP contribution in [0.3, 0.4) is 0 Å². The Morgan fingerprint density at radius 3 is 2.50 bits per heavy atom. The first-order valence-electron chi connectivity index (χ1n) is 8.61. The topological polar surface area (TPSA) is 25.8 Å². The summed E-state index contributed by atoms with van der Waals surface area (Å²) >= 11 is 5.72. The number of benzene rings is 1. The zero-order chi connectivity index (χ0) is 16.9. The molecule has 0 amide bonds. The second-order valence-corrected chi connectivity index (χ2v) is 6.82. The van der Waals surface area contributed by atoms with Crippen LogP contribution < -0.4 is 0 Å². The van der Waals surface area contributed by atoms with Crippen LogP contribution in [0.15, 0.2) is 42.7 Å². The van der Waals surface area contributed by atoms with Gasteiger partial charge in [0.15, 0.2) is 5.82 Å². The van der Waals surface area contributed by atoms with Crippen LogP contribution >= 0.6 is 11.6 Å². The molecule has 0 atom stereocenters. The Morgan fingerprint density at radius 2 is 1.88 bits per heavy atom. The quantitative estimate of drug-likeness (QED) is 0.619. The lowest BCUT2D eigenvalue weighted by Crippen LogP contribution is -2.12. The van der Waals surface area contributed by atoms with Gasteiger partial charge in [-0.2, -0.15) is 0 Å². The lowest BCUT2D eigenvalue weighted by atomic mass is 9.79. The zero-order valence-electron chi connectivity index (χ0n) is 13.9. The fourth-order valence-electron chi connectivity index (χ4n) is 3.31. The summed E-state index contributed by atoms with van der Waals surface area (Å²) in [5.41, 5.74) is 1.84. The number of halogens is 2. The molecule has 1 heterocycles. The average molecular weight is 345 g/mol. The molecule has 1 aliphatic carbocycles. The van der Waals surface area contributed by atoms with Crippen molar-refractivity contribution in [3.63, 3.8) is 0 Å². The number of allylic oxidation sites excluding steroid dienone is 2. The Morgan fingerprint density at radius 1 is 1.17 bits per heavy atom. The van der Waals surface area contributed by atoms with Crippen LogP contribution in [0.25, 0.3) is 11.4 Å². The minimum atomic E-state index is -0.444. The summed E-state index contributed by atoms with van der Waals surface area (Å²) in [6.45, 7) is 2.17. The minimum absolute atomic E-state index is 0.115. The van der Waals surface area contributed by atoms with Gasteiger partial charge < -0.3 is 0 Å². The summed E-state index contributed by atoms with van der Waals surface area (Å²) in [7, 11) is 0. The Kier molecular flexibility index (Phi) is 5.62. The molecule has 0 N–H and O–H groups in total. The van der Waals surface area contributed by atoms with E-state index in [0.717, 1.165) is 12.3 Å². The van der Waals surface area contributed by atoms with Crippen LogP contribution in [0.4, 0.5) is 4.39 Å². The lowest BCUT2D eigenvalue weighted by molar-refractivity contribution is 0.374. The number of hydrogen-bond acceptors (Lipinski definition) is 2. The second kappa shape index (κ2) is 7.89. The number of rotatable bonds is 4. The number of hydrogen-bond donors (Lipinski definition) is 0. The van der Waals surface area contributed by atoms with E-state index in [1.165, 1.54) is 43.4 Å². The molecule has 4 heteroatoms. The highest BCUT2D eigenvalue weighted by molar-refractivity contribution is 6.30. The molecule has 0 spiro atoms. The smallest absolute Gasteiger partial charge is 0.159 e. The first kappa shape index (κ1) is 17.1. The summed E-state index contributed by atoms with van der Waals surface area (Å²) in [5.74, 6) is 1.35. The van der Waals surface area contributed by atoms with Crippen LogP contribution in [0, 0.1) is 11.7 Å². The van der Waals surface area contributed by atoms with Gasteiger partial charge in [-0.25, -0.2) is 14.4 Å². The van der Waals surface area contributed by atoms with Gasteiger partial charge in [-0.05, 0) is 67.7 Å². The Bertz CT molecular complexity index is 704. The zero-order valence-corrected chi connectivity index (χ0v) is 14.6. The highest BCUT2D eigenvalue weighted by atomic mass is 35.5. The highest BCUT2D eigenvalue weighted by Crippen LogP contribution is 2.36. The fourth-order valence-corrected chi connectivity index (χ4v) is 3.42. The molecule has 2 nitrogen and oxygen atoms in total. The number of nitrogens with zero attached hydrogens (tertiary/aromatic N) is 2. The van der Waals surface area contributed by atoms with Crippen LogP contribution in [0.5, 0.6) is 0 Å². The molecule has 3 rings (SSSR count). The standard InChI is InChI=1S/C20H22ClFN2/c1-2-3-4-14-5-7-15(8-6-14)17-12-23-20(24-13-17)16-9-10-18(21)19(22)11-16/h3-4,9-15H,2,5-8H2,1H3/b4-3+. The molecule has 126 valence electrons. The van der Waals surface area contributed by atoms with E-state index < -0.39 is 5.82 Å². The van der Waals surface area contributed by atoms with Crippen LogP contribution in [0.2, 0.25) is 5.02 Å². The first-order valence-corrected chi connectivity index (χ1v) is 8.99. The third-order valence-corrected chi connectivity index (χ3v) is 5.04. The molecule has 0 unspecified atom stereocenters. The van der Waals surface area contributed by atoms with Gasteiger partial charge in [0, 0.05) is 18.0 Å². The van der Waals surface area contributed by atoms with Gasteiger partial charge >= 0.3 is 0 Å². The highest BCUT2D eigenvalue weighted by Gasteiger charge is 2.21. The van der Waals surface area contributed by atoms with E-state index in [1.807, 2.05) is 12.4 Å². The molecule has 1 aliphatic rings. The van der Waals surface area contributed by atoms with Crippen molar-refractivity contribution in [2.45, 2.75) is 44.9 Å². The van der Waals surface area contributed by atoms with Crippen molar-refractivity contribution >= 4 is 11.6 Å². The van der Waals surface area contributed by atoms with E-state index >= 15 is 0 Å². The molecular weight excluding hydrogens is 323 g/mol. The van der Waals surface area contributed by atoms with Crippen molar-refractivity contribution in [1.82, 2.24) is 9.97 Å². The summed E-state index contributed by atoms with van der Waals surface area (Å²) in [4.78, 5) is 8.86. The summed E-state index contributed by atoms with van der Waals surface area (Å²) in [6, 6.07) is 4.66. The van der Waals surface area contributed by atoms with E-state index in [4.69, 9.17) is 11.6 Å². The SMILES string of the molecule is CC/C=C/C1CCC(c2cnc(-c3ccc(Cl)c(F)c3)nc2)CC1.